The first-order valence-electron chi connectivity index (χ1n) is 12.6. The topological polar surface area (TPSA) is 106 Å². The molecule has 3 amide bonds. The quantitative estimate of drug-likeness (QED) is 0.155. The van der Waals surface area contributed by atoms with Crippen molar-refractivity contribution < 1.29 is 23.9 Å². The lowest BCUT2D eigenvalue weighted by atomic mass is 10.1. The van der Waals surface area contributed by atoms with Gasteiger partial charge in [0.25, 0.3) is 11.8 Å². The van der Waals surface area contributed by atoms with Crippen molar-refractivity contribution in [3.05, 3.63) is 120 Å². The van der Waals surface area contributed by atoms with Crippen LogP contribution >= 0.6 is 11.8 Å². The second kappa shape index (κ2) is 14.4. The number of anilines is 2. The molecule has 0 saturated heterocycles. The SMILES string of the molecule is COc1ccccc1/C=C(/NC(=O)c1ccccc1)C(=O)Nc1cccc(SCC(=O)Nc2ccccc2OC)c1. The van der Waals surface area contributed by atoms with Crippen molar-refractivity contribution in [2.24, 2.45) is 0 Å². The van der Waals surface area contributed by atoms with Gasteiger partial charge >= 0.3 is 0 Å². The van der Waals surface area contributed by atoms with E-state index in [1.165, 1.54) is 18.9 Å². The first-order valence-corrected chi connectivity index (χ1v) is 13.6. The molecule has 208 valence electrons. The van der Waals surface area contributed by atoms with Crippen molar-refractivity contribution in [2.75, 3.05) is 30.6 Å². The summed E-state index contributed by atoms with van der Waals surface area (Å²) in [5.74, 6) is 0.146. The van der Waals surface area contributed by atoms with Gasteiger partial charge in [-0.15, -0.1) is 11.8 Å². The molecule has 4 aromatic carbocycles. The molecule has 0 fully saturated rings. The van der Waals surface area contributed by atoms with E-state index in [2.05, 4.69) is 16.0 Å². The summed E-state index contributed by atoms with van der Waals surface area (Å²) in [6, 6.07) is 30.1. The van der Waals surface area contributed by atoms with Crippen LogP contribution in [0.25, 0.3) is 6.08 Å². The molecule has 8 nitrogen and oxygen atoms in total. The number of para-hydroxylation sites is 3. The lowest BCUT2D eigenvalue weighted by Crippen LogP contribution is -2.30. The third-order valence-electron chi connectivity index (χ3n) is 5.81. The molecule has 0 aromatic heterocycles. The molecule has 0 aliphatic rings. The minimum atomic E-state index is -0.517. The number of ether oxygens (including phenoxy) is 2. The van der Waals surface area contributed by atoms with Crippen LogP contribution < -0.4 is 25.4 Å². The number of hydrogen-bond donors (Lipinski definition) is 3. The van der Waals surface area contributed by atoms with Crippen molar-refractivity contribution in [2.45, 2.75) is 4.90 Å². The van der Waals surface area contributed by atoms with Crippen LogP contribution in [0.1, 0.15) is 15.9 Å². The van der Waals surface area contributed by atoms with Gasteiger partial charge in [-0.05, 0) is 54.6 Å². The van der Waals surface area contributed by atoms with E-state index < -0.39 is 11.8 Å². The van der Waals surface area contributed by atoms with Gasteiger partial charge in [0, 0.05) is 21.7 Å². The van der Waals surface area contributed by atoms with Crippen LogP contribution in [0, 0.1) is 0 Å². The van der Waals surface area contributed by atoms with Gasteiger partial charge in [0.2, 0.25) is 5.91 Å². The van der Waals surface area contributed by atoms with E-state index in [1.54, 1.807) is 79.9 Å². The largest absolute Gasteiger partial charge is 0.496 e. The normalized spacial score (nSPS) is 10.8. The standard InChI is InChI=1S/C32H29N3O5S/c1-39-28-17-8-6-13-23(28)19-27(35-31(37)22-11-4-3-5-12-22)32(38)33-24-14-10-15-25(20-24)41-21-30(36)34-26-16-7-9-18-29(26)40-2/h3-20H,21H2,1-2H3,(H,33,38)(H,34,36)(H,35,37)/b27-19+. The number of hydrogen-bond acceptors (Lipinski definition) is 6. The van der Waals surface area contributed by atoms with Crippen molar-refractivity contribution in [3.63, 3.8) is 0 Å². The van der Waals surface area contributed by atoms with Crippen LogP contribution in [0.2, 0.25) is 0 Å². The smallest absolute Gasteiger partial charge is 0.272 e. The van der Waals surface area contributed by atoms with Crippen molar-refractivity contribution in [3.8, 4) is 11.5 Å². The fourth-order valence-corrected chi connectivity index (χ4v) is 4.58. The maximum atomic E-state index is 13.4. The van der Waals surface area contributed by atoms with Crippen LogP contribution in [-0.4, -0.2) is 37.7 Å². The summed E-state index contributed by atoms with van der Waals surface area (Å²) in [5, 5.41) is 8.42. The molecule has 9 heteroatoms. The number of amides is 3. The van der Waals surface area contributed by atoms with Crippen LogP contribution in [0.15, 0.2) is 114 Å². The Morgan fingerprint density at radius 2 is 1.44 bits per heavy atom. The van der Waals surface area contributed by atoms with Crippen LogP contribution in [0.5, 0.6) is 11.5 Å². The van der Waals surface area contributed by atoms with E-state index in [1.807, 2.05) is 36.4 Å². The van der Waals surface area contributed by atoms with Crippen LogP contribution in [-0.2, 0) is 9.59 Å². The zero-order valence-corrected chi connectivity index (χ0v) is 23.4. The Balaban J connectivity index is 1.47. The molecule has 0 heterocycles. The molecule has 0 radical (unpaired) electrons. The Morgan fingerprint density at radius 3 is 2.20 bits per heavy atom. The van der Waals surface area contributed by atoms with Gasteiger partial charge in [0.05, 0.1) is 25.7 Å². The zero-order valence-electron chi connectivity index (χ0n) is 22.5. The summed E-state index contributed by atoms with van der Waals surface area (Å²) in [6.45, 7) is 0. The highest BCUT2D eigenvalue weighted by molar-refractivity contribution is 8.00. The average Bonchev–Trinajstić information content (AvgIpc) is 3.00. The van der Waals surface area contributed by atoms with Gasteiger partial charge in [-0.2, -0.15) is 0 Å². The first kappa shape index (κ1) is 29.0. The average molecular weight is 568 g/mol. The number of rotatable bonds is 11. The molecule has 0 bridgehead atoms. The van der Waals surface area contributed by atoms with E-state index in [9.17, 15) is 14.4 Å². The molecule has 0 aliphatic heterocycles. The van der Waals surface area contributed by atoms with E-state index >= 15 is 0 Å². The van der Waals surface area contributed by atoms with Gasteiger partial charge < -0.3 is 25.4 Å². The number of benzene rings is 4. The van der Waals surface area contributed by atoms with Crippen LogP contribution in [0.3, 0.4) is 0 Å². The maximum absolute atomic E-state index is 13.4. The number of carbonyl (C=O) groups is 3. The fraction of sp³-hybridized carbons (Fsp3) is 0.0938. The van der Waals surface area contributed by atoms with E-state index in [0.29, 0.717) is 34.0 Å². The molecule has 4 aromatic rings. The Bertz CT molecular complexity index is 1560. The second-order valence-electron chi connectivity index (χ2n) is 8.64. The number of methoxy groups -OCH3 is 2. The van der Waals surface area contributed by atoms with Gasteiger partial charge in [-0.3, -0.25) is 14.4 Å². The molecule has 4 rings (SSSR count). The Morgan fingerprint density at radius 1 is 0.756 bits per heavy atom. The highest BCUT2D eigenvalue weighted by Crippen LogP contribution is 2.26. The van der Waals surface area contributed by atoms with Crippen molar-refractivity contribution in [1.82, 2.24) is 5.32 Å². The molecule has 0 aliphatic carbocycles. The fourth-order valence-electron chi connectivity index (χ4n) is 3.83. The zero-order chi connectivity index (χ0) is 29.0. The Hall–Kier alpha value is -5.02. The molecular formula is C32H29N3O5S. The molecule has 0 saturated carbocycles. The van der Waals surface area contributed by atoms with E-state index in [0.717, 1.165) is 4.90 Å². The maximum Gasteiger partial charge on any atom is 0.272 e. The number of carbonyl (C=O) groups excluding carboxylic acids is 3. The Kier molecular flexibility index (Phi) is 10.2. The predicted octanol–water partition coefficient (Wildman–Crippen LogP) is 5.84. The van der Waals surface area contributed by atoms with E-state index in [-0.39, 0.29) is 17.4 Å². The number of thioether (sulfide) groups is 1. The van der Waals surface area contributed by atoms with Crippen molar-refractivity contribution >= 4 is 46.9 Å². The molecule has 0 spiro atoms. The van der Waals surface area contributed by atoms with Gasteiger partial charge in [0.15, 0.2) is 0 Å². The van der Waals surface area contributed by atoms with E-state index in [4.69, 9.17) is 9.47 Å². The second-order valence-corrected chi connectivity index (χ2v) is 9.69. The first-order chi connectivity index (χ1) is 20.0. The molecule has 41 heavy (non-hydrogen) atoms. The number of nitrogens with one attached hydrogen (secondary N) is 3. The minimum Gasteiger partial charge on any atom is -0.496 e. The Labute approximate surface area is 242 Å². The molecule has 0 unspecified atom stereocenters. The summed E-state index contributed by atoms with van der Waals surface area (Å²) in [4.78, 5) is 39.6. The predicted molar refractivity (Wildman–Crippen MR) is 162 cm³/mol. The summed E-state index contributed by atoms with van der Waals surface area (Å²) in [7, 11) is 3.08. The summed E-state index contributed by atoms with van der Waals surface area (Å²) >= 11 is 1.32. The van der Waals surface area contributed by atoms with Crippen LogP contribution in [0.4, 0.5) is 11.4 Å². The molecule has 0 atom stereocenters. The summed E-state index contributed by atoms with van der Waals surface area (Å²) in [6.07, 6.45) is 1.57. The molecule has 3 N–H and O–H groups in total. The molecular weight excluding hydrogens is 538 g/mol. The minimum absolute atomic E-state index is 0.0394. The monoisotopic (exact) mass is 567 g/mol. The third kappa shape index (κ3) is 8.23. The lowest BCUT2D eigenvalue weighted by molar-refractivity contribution is -0.114. The summed E-state index contributed by atoms with van der Waals surface area (Å²) < 4.78 is 10.7. The van der Waals surface area contributed by atoms with Gasteiger partial charge in [-0.25, -0.2) is 0 Å². The van der Waals surface area contributed by atoms with Gasteiger partial charge in [0.1, 0.15) is 17.2 Å². The highest BCUT2D eigenvalue weighted by atomic mass is 32.2. The van der Waals surface area contributed by atoms with Gasteiger partial charge in [-0.1, -0.05) is 54.6 Å². The highest BCUT2D eigenvalue weighted by Gasteiger charge is 2.16. The lowest BCUT2D eigenvalue weighted by Gasteiger charge is -2.13. The van der Waals surface area contributed by atoms with Crippen molar-refractivity contribution in [1.29, 1.82) is 0 Å². The third-order valence-corrected chi connectivity index (χ3v) is 6.80. The summed E-state index contributed by atoms with van der Waals surface area (Å²) in [5.41, 5.74) is 2.17.